The Morgan fingerprint density at radius 2 is 2.00 bits per heavy atom. The predicted molar refractivity (Wildman–Crippen MR) is 75.4 cm³/mol. The van der Waals surface area contributed by atoms with Gasteiger partial charge in [0.2, 0.25) is 5.91 Å². The van der Waals surface area contributed by atoms with Crippen molar-refractivity contribution in [3.05, 3.63) is 0 Å². The third-order valence-electron chi connectivity index (χ3n) is 3.24. The Labute approximate surface area is 112 Å². The monoisotopic (exact) mass is 258 g/mol. The van der Waals surface area contributed by atoms with Gasteiger partial charge in [-0.15, -0.1) is 0 Å². The Bertz CT molecular complexity index is 210. The van der Waals surface area contributed by atoms with Crippen LogP contribution in [0, 0.1) is 5.92 Å². The summed E-state index contributed by atoms with van der Waals surface area (Å²) in [6.45, 7) is 8.53. The Balaban J connectivity index is 3.71. The molecule has 0 aromatic carbocycles. The van der Waals surface area contributed by atoms with Crippen molar-refractivity contribution in [1.29, 1.82) is 0 Å². The summed E-state index contributed by atoms with van der Waals surface area (Å²) in [5.74, 6) is 0.356. The van der Waals surface area contributed by atoms with Gasteiger partial charge in [0.15, 0.2) is 0 Å². The lowest BCUT2D eigenvalue weighted by molar-refractivity contribution is -0.120. The van der Waals surface area contributed by atoms with Gasteiger partial charge >= 0.3 is 0 Å². The Morgan fingerprint density at radius 3 is 2.50 bits per heavy atom. The van der Waals surface area contributed by atoms with Gasteiger partial charge in [-0.25, -0.2) is 0 Å². The first-order chi connectivity index (χ1) is 8.65. The van der Waals surface area contributed by atoms with Crippen molar-refractivity contribution in [3.8, 4) is 0 Å². The molecule has 2 unspecified atom stereocenters. The van der Waals surface area contributed by atoms with E-state index in [4.69, 9.17) is 10.5 Å². The zero-order valence-corrected chi connectivity index (χ0v) is 12.2. The number of rotatable bonds is 12. The van der Waals surface area contributed by atoms with Crippen LogP contribution in [0.2, 0.25) is 0 Å². The first-order valence-electron chi connectivity index (χ1n) is 7.26. The van der Waals surface area contributed by atoms with Crippen LogP contribution in [-0.2, 0) is 9.53 Å². The highest BCUT2D eigenvalue weighted by atomic mass is 16.5. The number of hydrogen-bond donors (Lipinski definition) is 2. The van der Waals surface area contributed by atoms with E-state index in [0.29, 0.717) is 18.9 Å². The molecule has 0 radical (unpaired) electrons. The molecule has 4 heteroatoms. The second kappa shape index (κ2) is 11.5. The zero-order valence-electron chi connectivity index (χ0n) is 12.2. The van der Waals surface area contributed by atoms with E-state index in [0.717, 1.165) is 19.6 Å². The van der Waals surface area contributed by atoms with E-state index in [2.05, 4.69) is 19.2 Å². The normalized spacial score (nSPS) is 14.4. The lowest BCUT2D eigenvalue weighted by atomic mass is 10.0. The van der Waals surface area contributed by atoms with Crippen LogP contribution in [0.3, 0.4) is 0 Å². The van der Waals surface area contributed by atoms with E-state index < -0.39 is 0 Å². The fourth-order valence-corrected chi connectivity index (χ4v) is 1.94. The number of unbranched alkanes of at least 4 members (excludes halogenated alkanes) is 1. The minimum atomic E-state index is -0.293. The number of primary amides is 1. The molecular formula is C14H30N2O2. The molecule has 18 heavy (non-hydrogen) atoms. The first-order valence-corrected chi connectivity index (χ1v) is 7.26. The number of nitrogens with one attached hydrogen (secondary N) is 1. The van der Waals surface area contributed by atoms with E-state index in [1.165, 1.54) is 19.3 Å². The molecular weight excluding hydrogens is 228 g/mol. The fraction of sp³-hybridized carbons (Fsp3) is 0.929. The second-order valence-electron chi connectivity index (χ2n) is 4.79. The highest BCUT2D eigenvalue weighted by Gasteiger charge is 2.13. The SMILES string of the molecule is CCCCC(CC)COCCC(NCC)C(N)=O. The van der Waals surface area contributed by atoms with Crippen LogP contribution in [0.4, 0.5) is 0 Å². The van der Waals surface area contributed by atoms with Gasteiger partial charge in [0, 0.05) is 13.2 Å². The topological polar surface area (TPSA) is 64.3 Å². The predicted octanol–water partition coefficient (Wildman–Crippen LogP) is 2.07. The van der Waals surface area contributed by atoms with Crippen molar-refractivity contribution in [2.24, 2.45) is 11.7 Å². The number of carbonyl (C=O) groups is 1. The van der Waals surface area contributed by atoms with Gasteiger partial charge in [0.25, 0.3) is 0 Å². The number of carbonyl (C=O) groups excluding carboxylic acids is 1. The van der Waals surface area contributed by atoms with E-state index >= 15 is 0 Å². The van der Waals surface area contributed by atoms with Gasteiger partial charge in [0.05, 0.1) is 6.04 Å². The molecule has 4 nitrogen and oxygen atoms in total. The number of ether oxygens (including phenoxy) is 1. The van der Waals surface area contributed by atoms with Crippen LogP contribution in [0.5, 0.6) is 0 Å². The van der Waals surface area contributed by atoms with E-state index in [1.54, 1.807) is 0 Å². The summed E-state index contributed by atoms with van der Waals surface area (Å²) in [5, 5.41) is 3.06. The summed E-state index contributed by atoms with van der Waals surface area (Å²) in [4.78, 5) is 11.1. The number of likely N-dealkylation sites (N-methyl/N-ethyl adjacent to an activating group) is 1. The zero-order chi connectivity index (χ0) is 13.8. The molecule has 108 valence electrons. The summed E-state index contributed by atoms with van der Waals surface area (Å²) in [6, 6.07) is -0.259. The summed E-state index contributed by atoms with van der Waals surface area (Å²) < 4.78 is 5.66. The molecule has 0 saturated carbocycles. The van der Waals surface area contributed by atoms with E-state index in [1.807, 2.05) is 6.92 Å². The van der Waals surface area contributed by atoms with Gasteiger partial charge in [-0.1, -0.05) is 40.0 Å². The standard InChI is InChI=1S/C14H30N2O2/c1-4-7-8-12(5-2)11-18-10-9-13(14(15)17)16-6-3/h12-13,16H,4-11H2,1-3H3,(H2,15,17). The van der Waals surface area contributed by atoms with Crippen molar-refractivity contribution in [1.82, 2.24) is 5.32 Å². The molecule has 0 bridgehead atoms. The lowest BCUT2D eigenvalue weighted by Crippen LogP contribution is -2.41. The molecule has 0 spiro atoms. The molecule has 0 fully saturated rings. The van der Waals surface area contributed by atoms with E-state index in [-0.39, 0.29) is 11.9 Å². The maximum atomic E-state index is 11.1. The minimum absolute atomic E-state index is 0.259. The van der Waals surface area contributed by atoms with Crippen LogP contribution < -0.4 is 11.1 Å². The van der Waals surface area contributed by atoms with Crippen LogP contribution in [-0.4, -0.2) is 31.7 Å². The Kier molecular flexibility index (Phi) is 11.1. The van der Waals surface area contributed by atoms with Gasteiger partial charge in [-0.05, 0) is 25.3 Å². The van der Waals surface area contributed by atoms with Crippen LogP contribution in [0.15, 0.2) is 0 Å². The molecule has 0 heterocycles. The van der Waals surface area contributed by atoms with Gasteiger partial charge in [-0.3, -0.25) is 4.79 Å². The van der Waals surface area contributed by atoms with E-state index in [9.17, 15) is 4.79 Å². The number of nitrogens with two attached hydrogens (primary N) is 1. The lowest BCUT2D eigenvalue weighted by Gasteiger charge is -2.17. The molecule has 0 aliphatic carbocycles. The average molecular weight is 258 g/mol. The first kappa shape index (κ1) is 17.4. The van der Waals surface area contributed by atoms with Crippen molar-refractivity contribution in [2.75, 3.05) is 19.8 Å². The van der Waals surface area contributed by atoms with Crippen molar-refractivity contribution < 1.29 is 9.53 Å². The van der Waals surface area contributed by atoms with Crippen molar-refractivity contribution in [2.45, 2.75) is 58.9 Å². The van der Waals surface area contributed by atoms with Crippen LogP contribution >= 0.6 is 0 Å². The summed E-state index contributed by atoms with van der Waals surface area (Å²) in [6.07, 6.45) is 5.56. The van der Waals surface area contributed by atoms with Gasteiger partial charge in [-0.2, -0.15) is 0 Å². The summed E-state index contributed by atoms with van der Waals surface area (Å²) in [5.41, 5.74) is 5.30. The molecule has 0 aliphatic rings. The summed E-state index contributed by atoms with van der Waals surface area (Å²) in [7, 11) is 0. The molecule has 0 saturated heterocycles. The molecule has 0 aliphatic heterocycles. The Hall–Kier alpha value is -0.610. The summed E-state index contributed by atoms with van der Waals surface area (Å²) >= 11 is 0. The molecule has 0 aromatic rings. The Morgan fingerprint density at radius 1 is 1.28 bits per heavy atom. The highest BCUT2D eigenvalue weighted by molar-refractivity contribution is 5.79. The van der Waals surface area contributed by atoms with Crippen LogP contribution in [0.1, 0.15) is 52.9 Å². The second-order valence-corrected chi connectivity index (χ2v) is 4.79. The maximum absolute atomic E-state index is 11.1. The van der Waals surface area contributed by atoms with Crippen LogP contribution in [0.25, 0.3) is 0 Å². The average Bonchev–Trinajstić information content (AvgIpc) is 2.36. The number of amides is 1. The number of hydrogen-bond acceptors (Lipinski definition) is 3. The quantitative estimate of drug-likeness (QED) is 0.527. The van der Waals surface area contributed by atoms with Gasteiger partial charge in [0.1, 0.15) is 0 Å². The maximum Gasteiger partial charge on any atom is 0.234 e. The molecule has 2 atom stereocenters. The molecule has 0 aromatic heterocycles. The minimum Gasteiger partial charge on any atom is -0.381 e. The third-order valence-corrected chi connectivity index (χ3v) is 3.24. The smallest absolute Gasteiger partial charge is 0.234 e. The molecule has 0 rings (SSSR count). The highest BCUT2D eigenvalue weighted by Crippen LogP contribution is 2.12. The third kappa shape index (κ3) is 8.48. The fourth-order valence-electron chi connectivity index (χ4n) is 1.94. The van der Waals surface area contributed by atoms with Crippen molar-refractivity contribution in [3.63, 3.8) is 0 Å². The molecule has 1 amide bonds. The van der Waals surface area contributed by atoms with Gasteiger partial charge < -0.3 is 15.8 Å². The largest absolute Gasteiger partial charge is 0.381 e. The van der Waals surface area contributed by atoms with Crippen molar-refractivity contribution >= 4 is 5.91 Å². The molecule has 3 N–H and O–H groups in total.